The number of amides is 3. The van der Waals surface area contributed by atoms with E-state index in [4.69, 9.17) is 0 Å². The van der Waals surface area contributed by atoms with E-state index < -0.39 is 0 Å². The SMILES string of the molecule is CCC(=O)CNC(=O)CCSC1CC(=O)N(CC(C)C)C1=O. The van der Waals surface area contributed by atoms with Gasteiger partial charge in [-0.25, -0.2) is 0 Å². The third-order valence-electron chi connectivity index (χ3n) is 3.28. The van der Waals surface area contributed by atoms with Crippen LogP contribution in [0.1, 0.15) is 40.0 Å². The molecule has 0 bridgehead atoms. The number of nitrogens with one attached hydrogen (secondary N) is 1. The number of Topliss-reactive ketones (excluding diaryl/α,β-unsaturated/α-hetero) is 1. The monoisotopic (exact) mass is 328 g/mol. The van der Waals surface area contributed by atoms with Gasteiger partial charge in [-0.2, -0.15) is 0 Å². The molecule has 0 aromatic heterocycles. The zero-order valence-electron chi connectivity index (χ0n) is 13.4. The van der Waals surface area contributed by atoms with E-state index >= 15 is 0 Å². The van der Waals surface area contributed by atoms with Crippen molar-refractivity contribution in [3.8, 4) is 0 Å². The predicted octanol–water partition coefficient (Wildman–Crippen LogP) is 0.988. The quantitative estimate of drug-likeness (QED) is 0.638. The van der Waals surface area contributed by atoms with E-state index in [0.29, 0.717) is 18.7 Å². The summed E-state index contributed by atoms with van der Waals surface area (Å²) < 4.78 is 0. The highest BCUT2D eigenvalue weighted by molar-refractivity contribution is 8.00. The van der Waals surface area contributed by atoms with E-state index in [2.05, 4.69) is 5.32 Å². The Labute approximate surface area is 135 Å². The van der Waals surface area contributed by atoms with Crippen molar-refractivity contribution in [1.82, 2.24) is 10.2 Å². The number of carbonyl (C=O) groups excluding carboxylic acids is 4. The number of hydrogen-bond donors (Lipinski definition) is 1. The molecule has 1 N–H and O–H groups in total. The van der Waals surface area contributed by atoms with Gasteiger partial charge < -0.3 is 5.32 Å². The Morgan fingerprint density at radius 1 is 1.36 bits per heavy atom. The molecule has 1 aliphatic heterocycles. The maximum absolute atomic E-state index is 12.1. The third-order valence-corrected chi connectivity index (χ3v) is 4.49. The van der Waals surface area contributed by atoms with E-state index in [0.717, 1.165) is 0 Å². The van der Waals surface area contributed by atoms with Crippen LogP contribution >= 0.6 is 11.8 Å². The van der Waals surface area contributed by atoms with Gasteiger partial charge in [0.1, 0.15) is 0 Å². The summed E-state index contributed by atoms with van der Waals surface area (Å²) in [6, 6.07) is 0. The maximum Gasteiger partial charge on any atom is 0.242 e. The summed E-state index contributed by atoms with van der Waals surface area (Å²) >= 11 is 1.34. The number of ketones is 1. The van der Waals surface area contributed by atoms with Gasteiger partial charge in [-0.15, -0.1) is 11.8 Å². The summed E-state index contributed by atoms with van der Waals surface area (Å²) in [7, 11) is 0. The summed E-state index contributed by atoms with van der Waals surface area (Å²) in [6.07, 6.45) is 0.857. The van der Waals surface area contributed by atoms with Crippen LogP contribution in [0, 0.1) is 5.92 Å². The molecule has 1 heterocycles. The van der Waals surface area contributed by atoms with Crippen LogP contribution in [0.4, 0.5) is 0 Å². The van der Waals surface area contributed by atoms with Crippen LogP contribution in [0.25, 0.3) is 0 Å². The summed E-state index contributed by atoms with van der Waals surface area (Å²) in [5.74, 6) is 0.218. The van der Waals surface area contributed by atoms with Crippen LogP contribution in [-0.2, 0) is 19.2 Å². The Balaban J connectivity index is 2.31. The summed E-state index contributed by atoms with van der Waals surface area (Å²) in [4.78, 5) is 47.9. The Morgan fingerprint density at radius 2 is 2.05 bits per heavy atom. The fraction of sp³-hybridized carbons (Fsp3) is 0.733. The lowest BCUT2D eigenvalue weighted by atomic mass is 10.2. The van der Waals surface area contributed by atoms with Crippen molar-refractivity contribution >= 4 is 35.3 Å². The first-order chi connectivity index (χ1) is 10.3. The molecule has 1 aliphatic rings. The summed E-state index contributed by atoms with van der Waals surface area (Å²) in [6.45, 7) is 6.18. The van der Waals surface area contributed by atoms with Crippen molar-refractivity contribution in [2.45, 2.75) is 45.3 Å². The number of carbonyl (C=O) groups is 4. The molecular weight excluding hydrogens is 304 g/mol. The zero-order chi connectivity index (χ0) is 16.7. The summed E-state index contributed by atoms with van der Waals surface area (Å²) in [5.41, 5.74) is 0. The molecule has 1 unspecified atom stereocenters. The molecule has 0 aromatic rings. The molecule has 1 atom stereocenters. The van der Waals surface area contributed by atoms with Gasteiger partial charge >= 0.3 is 0 Å². The highest BCUT2D eigenvalue weighted by atomic mass is 32.2. The lowest BCUT2D eigenvalue weighted by Crippen LogP contribution is -2.34. The minimum absolute atomic E-state index is 0.0121. The fourth-order valence-corrected chi connectivity index (χ4v) is 3.16. The van der Waals surface area contributed by atoms with Crippen LogP contribution in [0.2, 0.25) is 0 Å². The predicted molar refractivity (Wildman–Crippen MR) is 85.3 cm³/mol. The van der Waals surface area contributed by atoms with Crippen LogP contribution in [0.5, 0.6) is 0 Å². The molecule has 1 saturated heterocycles. The lowest BCUT2D eigenvalue weighted by molar-refractivity contribution is -0.138. The first-order valence-corrected chi connectivity index (χ1v) is 8.64. The molecular formula is C15H24N2O4S. The molecule has 1 fully saturated rings. The van der Waals surface area contributed by atoms with E-state index in [1.165, 1.54) is 16.7 Å². The first kappa shape index (κ1) is 18.7. The molecule has 124 valence electrons. The molecule has 0 aromatic carbocycles. The average Bonchev–Trinajstić information content (AvgIpc) is 2.72. The second kappa shape index (κ2) is 8.92. The summed E-state index contributed by atoms with van der Waals surface area (Å²) in [5, 5.41) is 2.17. The van der Waals surface area contributed by atoms with Gasteiger partial charge in [0, 0.05) is 31.6 Å². The molecule has 0 spiro atoms. The van der Waals surface area contributed by atoms with Gasteiger partial charge in [0.25, 0.3) is 0 Å². The highest BCUT2D eigenvalue weighted by Crippen LogP contribution is 2.26. The topological polar surface area (TPSA) is 83.6 Å². The molecule has 0 radical (unpaired) electrons. The number of imide groups is 1. The van der Waals surface area contributed by atoms with Crippen LogP contribution in [-0.4, -0.2) is 52.5 Å². The van der Waals surface area contributed by atoms with E-state index in [9.17, 15) is 19.2 Å². The number of hydrogen-bond acceptors (Lipinski definition) is 5. The molecule has 3 amide bonds. The number of thioether (sulfide) groups is 1. The van der Waals surface area contributed by atoms with Crippen LogP contribution in [0.15, 0.2) is 0 Å². The largest absolute Gasteiger partial charge is 0.349 e. The Bertz CT molecular complexity index is 451. The lowest BCUT2D eigenvalue weighted by Gasteiger charge is -2.16. The second-order valence-corrected chi connectivity index (χ2v) is 7.03. The molecule has 1 rings (SSSR count). The minimum Gasteiger partial charge on any atom is -0.349 e. The fourth-order valence-electron chi connectivity index (χ4n) is 2.04. The van der Waals surface area contributed by atoms with Crippen molar-refractivity contribution in [2.24, 2.45) is 5.92 Å². The van der Waals surface area contributed by atoms with E-state index in [1.807, 2.05) is 13.8 Å². The van der Waals surface area contributed by atoms with Crippen molar-refractivity contribution < 1.29 is 19.2 Å². The molecule has 6 nitrogen and oxygen atoms in total. The maximum atomic E-state index is 12.1. The number of likely N-dealkylation sites (tertiary alicyclic amines) is 1. The molecule has 0 saturated carbocycles. The first-order valence-electron chi connectivity index (χ1n) is 7.59. The second-order valence-electron chi connectivity index (χ2n) is 5.72. The van der Waals surface area contributed by atoms with Gasteiger partial charge in [-0.1, -0.05) is 20.8 Å². The smallest absolute Gasteiger partial charge is 0.242 e. The zero-order valence-corrected chi connectivity index (χ0v) is 14.2. The normalized spacial score (nSPS) is 18.2. The third kappa shape index (κ3) is 5.79. The minimum atomic E-state index is -0.378. The number of nitrogens with zero attached hydrogens (tertiary/aromatic N) is 1. The van der Waals surface area contributed by atoms with Crippen molar-refractivity contribution in [3.63, 3.8) is 0 Å². The van der Waals surface area contributed by atoms with Gasteiger partial charge in [0.05, 0.1) is 11.8 Å². The molecule has 7 heteroatoms. The van der Waals surface area contributed by atoms with Crippen LogP contribution < -0.4 is 5.32 Å². The van der Waals surface area contributed by atoms with Gasteiger partial charge in [-0.05, 0) is 5.92 Å². The number of rotatable bonds is 9. The standard InChI is InChI=1S/C15H24N2O4S/c1-4-11(18)8-16-13(19)5-6-22-12-7-14(20)17(15(12)21)9-10(2)3/h10,12H,4-9H2,1-3H3,(H,16,19). The van der Waals surface area contributed by atoms with Crippen LogP contribution in [0.3, 0.4) is 0 Å². The van der Waals surface area contributed by atoms with Gasteiger partial charge in [0.15, 0.2) is 5.78 Å². The Morgan fingerprint density at radius 3 is 2.64 bits per heavy atom. The van der Waals surface area contributed by atoms with Crippen molar-refractivity contribution in [2.75, 3.05) is 18.8 Å². The van der Waals surface area contributed by atoms with Crippen molar-refractivity contribution in [3.05, 3.63) is 0 Å². The Kier molecular flexibility index (Phi) is 7.58. The van der Waals surface area contributed by atoms with Gasteiger partial charge in [-0.3, -0.25) is 24.1 Å². The van der Waals surface area contributed by atoms with Gasteiger partial charge in [0.2, 0.25) is 17.7 Å². The Hall–Kier alpha value is -1.37. The molecule has 22 heavy (non-hydrogen) atoms. The van der Waals surface area contributed by atoms with E-state index in [1.54, 1.807) is 6.92 Å². The van der Waals surface area contributed by atoms with E-state index in [-0.39, 0.29) is 54.1 Å². The van der Waals surface area contributed by atoms with Crippen molar-refractivity contribution in [1.29, 1.82) is 0 Å². The highest BCUT2D eigenvalue weighted by Gasteiger charge is 2.38. The molecule has 0 aliphatic carbocycles. The average molecular weight is 328 g/mol.